The van der Waals surface area contributed by atoms with Gasteiger partial charge in [-0.1, -0.05) is 6.07 Å². The van der Waals surface area contributed by atoms with Crippen LogP contribution in [0.5, 0.6) is 0 Å². The van der Waals surface area contributed by atoms with Crippen LogP contribution in [0.15, 0.2) is 32.7 Å². The number of benzene rings is 1. The second-order valence-corrected chi connectivity index (χ2v) is 7.60. The molecule has 1 heterocycles. The van der Waals surface area contributed by atoms with Crippen LogP contribution >= 0.6 is 0 Å². The van der Waals surface area contributed by atoms with E-state index < -0.39 is 38.7 Å². The lowest BCUT2D eigenvalue weighted by atomic mass is 10.1. The number of rotatable bonds is 5. The molecule has 0 bridgehead atoms. The number of aromatic nitrogens is 2. The maximum absolute atomic E-state index is 13.1. The number of anilines is 1. The number of hydrogen-bond donors (Lipinski definition) is 2. The number of aryl methyl sites for hydroxylation is 3. The number of esters is 1. The summed E-state index contributed by atoms with van der Waals surface area (Å²) in [6.45, 7) is 4.22. The molecule has 140 valence electrons. The smallest absolute Gasteiger partial charge is 0.326 e. The fourth-order valence-corrected chi connectivity index (χ4v) is 4.20. The van der Waals surface area contributed by atoms with Gasteiger partial charge in [0.15, 0.2) is 4.90 Å². The van der Waals surface area contributed by atoms with Crippen LogP contribution in [-0.2, 0) is 19.6 Å². The van der Waals surface area contributed by atoms with Crippen molar-refractivity contribution < 1.29 is 17.9 Å². The van der Waals surface area contributed by atoms with Crippen LogP contribution in [0.3, 0.4) is 0 Å². The molecule has 0 saturated carbocycles. The third kappa shape index (κ3) is 3.85. The molecular formula is C16H19N3O6S. The van der Waals surface area contributed by atoms with Gasteiger partial charge in [0.25, 0.3) is 15.6 Å². The van der Waals surface area contributed by atoms with Gasteiger partial charge in [-0.15, -0.1) is 0 Å². The first kappa shape index (κ1) is 19.4. The van der Waals surface area contributed by atoms with E-state index in [9.17, 15) is 22.8 Å². The lowest BCUT2D eigenvalue weighted by molar-refractivity contribution is -0.138. The van der Waals surface area contributed by atoms with Gasteiger partial charge in [-0.05, 0) is 44.0 Å². The van der Waals surface area contributed by atoms with Crippen LogP contribution in [0.25, 0.3) is 0 Å². The number of nitrogens with one attached hydrogen (secondary N) is 2. The van der Waals surface area contributed by atoms with Gasteiger partial charge in [0.2, 0.25) is 0 Å². The van der Waals surface area contributed by atoms with Gasteiger partial charge < -0.3 is 9.72 Å². The topological polar surface area (TPSA) is 129 Å². The second kappa shape index (κ2) is 7.16. The van der Waals surface area contributed by atoms with Crippen molar-refractivity contribution in [2.45, 2.75) is 25.7 Å². The number of ether oxygens (including phenoxy) is 1. The van der Waals surface area contributed by atoms with Gasteiger partial charge >= 0.3 is 11.7 Å². The summed E-state index contributed by atoms with van der Waals surface area (Å²) in [6, 6.07) is 4.98. The van der Waals surface area contributed by atoms with Crippen LogP contribution in [0.2, 0.25) is 0 Å². The molecule has 1 aromatic carbocycles. The van der Waals surface area contributed by atoms with Gasteiger partial charge in [-0.2, -0.15) is 0 Å². The van der Waals surface area contributed by atoms with Crippen molar-refractivity contribution >= 4 is 21.7 Å². The van der Waals surface area contributed by atoms with E-state index >= 15 is 0 Å². The van der Waals surface area contributed by atoms with Crippen LogP contribution in [0.1, 0.15) is 16.8 Å². The van der Waals surface area contributed by atoms with Crippen molar-refractivity contribution in [3.05, 3.63) is 55.9 Å². The molecule has 0 atom stereocenters. The Morgan fingerprint density at radius 2 is 1.65 bits per heavy atom. The summed E-state index contributed by atoms with van der Waals surface area (Å²) in [6.07, 6.45) is 0. The average molecular weight is 381 g/mol. The first-order chi connectivity index (χ1) is 12.1. The quantitative estimate of drug-likeness (QED) is 0.719. The van der Waals surface area contributed by atoms with Crippen LogP contribution < -0.4 is 15.6 Å². The third-order valence-corrected chi connectivity index (χ3v) is 5.55. The van der Waals surface area contributed by atoms with E-state index in [0.29, 0.717) is 0 Å². The van der Waals surface area contributed by atoms with E-state index in [1.54, 1.807) is 26.0 Å². The molecule has 0 aliphatic carbocycles. The molecule has 0 spiro atoms. The van der Waals surface area contributed by atoms with Crippen molar-refractivity contribution in [3.63, 3.8) is 0 Å². The van der Waals surface area contributed by atoms with E-state index in [0.717, 1.165) is 22.5 Å². The number of aromatic amines is 2. The molecule has 0 unspecified atom stereocenters. The molecule has 0 aliphatic rings. The van der Waals surface area contributed by atoms with Crippen molar-refractivity contribution in [1.82, 2.24) is 9.97 Å². The summed E-state index contributed by atoms with van der Waals surface area (Å²) >= 11 is 0. The normalized spacial score (nSPS) is 11.2. The lowest BCUT2D eigenvalue weighted by Gasteiger charge is -2.24. The first-order valence-corrected chi connectivity index (χ1v) is 9.01. The minimum absolute atomic E-state index is 0.127. The Morgan fingerprint density at radius 3 is 2.15 bits per heavy atom. The Bertz CT molecular complexity index is 1050. The van der Waals surface area contributed by atoms with Crippen molar-refractivity contribution in [2.75, 3.05) is 18.0 Å². The molecule has 2 rings (SSSR count). The van der Waals surface area contributed by atoms with Gasteiger partial charge in [0.05, 0.1) is 12.8 Å². The van der Waals surface area contributed by atoms with Gasteiger partial charge in [-0.3, -0.25) is 18.9 Å². The second-order valence-electron chi connectivity index (χ2n) is 5.80. The summed E-state index contributed by atoms with van der Waals surface area (Å²) < 4.78 is 31.6. The van der Waals surface area contributed by atoms with Gasteiger partial charge in [0, 0.05) is 5.69 Å². The van der Waals surface area contributed by atoms with Crippen LogP contribution in [-0.4, -0.2) is 38.0 Å². The SMILES string of the molecule is COC(=O)CN(c1cc(C)cc(C)c1)S(=O)(=O)c1c(C)[nH]c(=O)[nH]c1=O. The number of H-pyrrole nitrogens is 2. The Kier molecular flexibility index (Phi) is 5.36. The highest BCUT2D eigenvalue weighted by Gasteiger charge is 2.32. The number of hydrogen-bond acceptors (Lipinski definition) is 6. The maximum Gasteiger partial charge on any atom is 0.326 e. The molecule has 0 saturated heterocycles. The first-order valence-electron chi connectivity index (χ1n) is 7.57. The van der Waals surface area contributed by atoms with Crippen molar-refractivity contribution in [1.29, 1.82) is 0 Å². The molecule has 2 N–H and O–H groups in total. The monoisotopic (exact) mass is 381 g/mol. The number of methoxy groups -OCH3 is 1. The molecule has 0 amide bonds. The number of sulfonamides is 1. The Balaban J connectivity index is 2.74. The largest absolute Gasteiger partial charge is 0.468 e. The van der Waals surface area contributed by atoms with E-state index in [2.05, 4.69) is 9.72 Å². The highest BCUT2D eigenvalue weighted by Crippen LogP contribution is 2.25. The Morgan fingerprint density at radius 1 is 1.08 bits per heavy atom. The third-order valence-electron chi connectivity index (χ3n) is 3.62. The average Bonchev–Trinajstić information content (AvgIpc) is 2.49. The molecular weight excluding hydrogens is 362 g/mol. The molecule has 0 fully saturated rings. The summed E-state index contributed by atoms with van der Waals surface area (Å²) in [5.41, 5.74) is -0.256. The summed E-state index contributed by atoms with van der Waals surface area (Å²) in [5, 5.41) is 0. The van der Waals surface area contributed by atoms with E-state index in [4.69, 9.17) is 0 Å². The van der Waals surface area contributed by atoms with E-state index in [-0.39, 0.29) is 11.4 Å². The predicted octanol–water partition coefficient (Wildman–Crippen LogP) is 0.357. The van der Waals surface area contributed by atoms with Crippen molar-refractivity contribution in [3.8, 4) is 0 Å². The molecule has 0 radical (unpaired) electrons. The lowest BCUT2D eigenvalue weighted by Crippen LogP contribution is -2.41. The molecule has 10 heteroatoms. The zero-order valence-electron chi connectivity index (χ0n) is 14.7. The van der Waals surface area contributed by atoms with Gasteiger partial charge in [0.1, 0.15) is 6.54 Å². The van der Waals surface area contributed by atoms with Crippen molar-refractivity contribution in [2.24, 2.45) is 0 Å². The Hall–Kier alpha value is -2.88. The number of carbonyl (C=O) groups excluding carboxylic acids is 1. The molecule has 9 nitrogen and oxygen atoms in total. The molecule has 26 heavy (non-hydrogen) atoms. The fraction of sp³-hybridized carbons (Fsp3) is 0.312. The van der Waals surface area contributed by atoms with Crippen LogP contribution in [0.4, 0.5) is 5.69 Å². The maximum atomic E-state index is 13.1. The molecule has 2 aromatic rings. The zero-order chi connectivity index (χ0) is 19.6. The van der Waals surface area contributed by atoms with Gasteiger partial charge in [-0.25, -0.2) is 13.2 Å². The van der Waals surface area contributed by atoms with Crippen LogP contribution in [0, 0.1) is 20.8 Å². The number of nitrogens with zero attached hydrogens (tertiary/aromatic N) is 1. The van der Waals surface area contributed by atoms with E-state index in [1.165, 1.54) is 6.92 Å². The highest BCUT2D eigenvalue weighted by molar-refractivity contribution is 7.92. The molecule has 1 aromatic heterocycles. The van der Waals surface area contributed by atoms with E-state index in [1.807, 2.05) is 11.1 Å². The highest BCUT2D eigenvalue weighted by atomic mass is 32.2. The standard InChI is InChI=1S/C16H19N3O6S/c1-9-5-10(2)7-12(6-9)19(8-13(20)25-4)26(23,24)14-11(3)17-16(22)18-15(14)21/h5-7H,8H2,1-4H3,(H2,17,18,21,22). The fourth-order valence-electron chi connectivity index (χ4n) is 2.60. The minimum atomic E-state index is -4.45. The number of carbonyl (C=O) groups is 1. The predicted molar refractivity (Wildman–Crippen MR) is 94.9 cm³/mol. The summed E-state index contributed by atoms with van der Waals surface area (Å²) in [5.74, 6) is -0.800. The molecule has 0 aliphatic heterocycles. The zero-order valence-corrected chi connectivity index (χ0v) is 15.6. The minimum Gasteiger partial charge on any atom is -0.468 e. The summed E-state index contributed by atoms with van der Waals surface area (Å²) in [4.78, 5) is 38.8. The summed E-state index contributed by atoms with van der Waals surface area (Å²) in [7, 11) is -3.32. The Labute approximate surface area is 149 Å².